The standard InChI is InChI=1S/C8H16FNO/c1-4-6(2)8(10-3)7(11)5-9/h6,8,10H,4-5H2,1-3H3. The number of carbonyl (C=O) groups is 1. The van der Waals surface area contributed by atoms with Crippen molar-refractivity contribution >= 4 is 5.78 Å². The van der Waals surface area contributed by atoms with Gasteiger partial charge in [-0.05, 0) is 13.0 Å². The molecule has 0 heterocycles. The molecule has 0 aromatic carbocycles. The van der Waals surface area contributed by atoms with E-state index in [0.29, 0.717) is 0 Å². The molecule has 0 spiro atoms. The minimum Gasteiger partial charge on any atom is -0.310 e. The van der Waals surface area contributed by atoms with E-state index < -0.39 is 6.67 Å². The second kappa shape index (κ2) is 5.24. The number of ketones is 1. The highest BCUT2D eigenvalue weighted by molar-refractivity contribution is 5.85. The summed E-state index contributed by atoms with van der Waals surface area (Å²) < 4.78 is 11.9. The highest BCUT2D eigenvalue weighted by Crippen LogP contribution is 2.08. The number of nitrogens with one attached hydrogen (secondary N) is 1. The highest BCUT2D eigenvalue weighted by Gasteiger charge is 2.20. The molecule has 0 amide bonds. The fourth-order valence-corrected chi connectivity index (χ4v) is 1.08. The number of carbonyl (C=O) groups excluding carboxylic acids is 1. The normalized spacial score (nSPS) is 16.0. The Morgan fingerprint density at radius 2 is 2.18 bits per heavy atom. The Morgan fingerprint density at radius 3 is 2.45 bits per heavy atom. The molecule has 0 aliphatic carbocycles. The first-order chi connectivity index (χ1) is 5.17. The lowest BCUT2D eigenvalue weighted by Gasteiger charge is -2.19. The number of rotatable bonds is 5. The van der Waals surface area contributed by atoms with Crippen molar-refractivity contribution in [1.29, 1.82) is 0 Å². The van der Waals surface area contributed by atoms with Gasteiger partial charge in [0.2, 0.25) is 0 Å². The molecule has 0 aromatic heterocycles. The first-order valence-corrected chi connectivity index (χ1v) is 3.93. The molecule has 11 heavy (non-hydrogen) atoms. The third-order valence-electron chi connectivity index (χ3n) is 2.00. The van der Waals surface area contributed by atoms with Gasteiger partial charge in [-0.25, -0.2) is 4.39 Å². The number of hydrogen-bond donors (Lipinski definition) is 1. The summed E-state index contributed by atoms with van der Waals surface area (Å²) in [7, 11) is 1.68. The number of alkyl halides is 1. The van der Waals surface area contributed by atoms with Crippen molar-refractivity contribution in [2.24, 2.45) is 5.92 Å². The predicted molar refractivity (Wildman–Crippen MR) is 43.3 cm³/mol. The first kappa shape index (κ1) is 10.6. The van der Waals surface area contributed by atoms with Gasteiger partial charge in [-0.15, -0.1) is 0 Å². The van der Waals surface area contributed by atoms with Gasteiger partial charge in [-0.3, -0.25) is 4.79 Å². The van der Waals surface area contributed by atoms with Gasteiger partial charge < -0.3 is 5.32 Å². The molecule has 3 heteroatoms. The molecule has 0 aliphatic rings. The summed E-state index contributed by atoms with van der Waals surface area (Å²) >= 11 is 0. The molecule has 1 N–H and O–H groups in total. The van der Waals surface area contributed by atoms with E-state index in [-0.39, 0.29) is 17.7 Å². The Kier molecular flexibility index (Phi) is 5.03. The zero-order chi connectivity index (χ0) is 8.85. The molecule has 0 aromatic rings. The monoisotopic (exact) mass is 161 g/mol. The summed E-state index contributed by atoms with van der Waals surface area (Å²) in [6, 6.07) is -0.315. The van der Waals surface area contributed by atoms with Gasteiger partial charge in [0.25, 0.3) is 0 Å². The number of hydrogen-bond acceptors (Lipinski definition) is 2. The van der Waals surface area contributed by atoms with Crippen LogP contribution in [0, 0.1) is 5.92 Å². The molecule has 0 radical (unpaired) electrons. The third-order valence-corrected chi connectivity index (χ3v) is 2.00. The molecule has 0 aliphatic heterocycles. The molecule has 66 valence electrons. The zero-order valence-electron chi connectivity index (χ0n) is 7.36. The van der Waals surface area contributed by atoms with Crippen LogP contribution in [0.3, 0.4) is 0 Å². The summed E-state index contributed by atoms with van der Waals surface area (Å²) in [5, 5.41) is 2.81. The van der Waals surface area contributed by atoms with Crippen LogP contribution in [0.2, 0.25) is 0 Å². The first-order valence-electron chi connectivity index (χ1n) is 3.93. The average Bonchev–Trinajstić information content (AvgIpc) is 2.05. The molecule has 0 bridgehead atoms. The lowest BCUT2D eigenvalue weighted by atomic mass is 9.96. The fourth-order valence-electron chi connectivity index (χ4n) is 1.08. The minimum absolute atomic E-state index is 0.211. The van der Waals surface area contributed by atoms with Crippen molar-refractivity contribution in [2.75, 3.05) is 13.7 Å². The molecule has 2 atom stereocenters. The van der Waals surface area contributed by atoms with Gasteiger partial charge in [-0.1, -0.05) is 20.3 Å². The van der Waals surface area contributed by atoms with E-state index >= 15 is 0 Å². The number of Topliss-reactive ketones (excluding diaryl/α,β-unsaturated/α-hetero) is 1. The Bertz CT molecular complexity index is 127. The van der Waals surface area contributed by atoms with E-state index in [2.05, 4.69) is 5.32 Å². The fraction of sp³-hybridized carbons (Fsp3) is 0.875. The number of halogens is 1. The summed E-state index contributed by atoms with van der Waals surface area (Å²) in [4.78, 5) is 10.9. The molecule has 0 fully saturated rings. The molecule has 2 unspecified atom stereocenters. The quantitative estimate of drug-likeness (QED) is 0.655. The summed E-state index contributed by atoms with van der Waals surface area (Å²) in [5.74, 6) is -0.134. The van der Waals surface area contributed by atoms with E-state index in [9.17, 15) is 9.18 Å². The van der Waals surface area contributed by atoms with Crippen molar-refractivity contribution in [3.8, 4) is 0 Å². The lowest BCUT2D eigenvalue weighted by Crippen LogP contribution is -2.40. The molecular weight excluding hydrogens is 145 g/mol. The maximum Gasteiger partial charge on any atom is 0.180 e. The molecule has 2 nitrogen and oxygen atoms in total. The van der Waals surface area contributed by atoms with E-state index in [1.54, 1.807) is 7.05 Å². The SMILES string of the molecule is CCC(C)C(NC)C(=O)CF. The van der Waals surface area contributed by atoms with Gasteiger partial charge in [0, 0.05) is 0 Å². The maximum absolute atomic E-state index is 11.9. The third kappa shape index (κ3) is 2.97. The van der Waals surface area contributed by atoms with Gasteiger partial charge in [-0.2, -0.15) is 0 Å². The minimum atomic E-state index is -0.865. The Balaban J connectivity index is 4.03. The summed E-state index contributed by atoms with van der Waals surface area (Å²) in [6.07, 6.45) is 0.886. The van der Waals surface area contributed by atoms with Crippen molar-refractivity contribution in [1.82, 2.24) is 5.32 Å². The Labute approximate surface area is 67.2 Å². The molecular formula is C8H16FNO. The highest BCUT2D eigenvalue weighted by atomic mass is 19.1. The maximum atomic E-state index is 11.9. The van der Waals surface area contributed by atoms with E-state index in [1.165, 1.54) is 0 Å². The second-order valence-electron chi connectivity index (χ2n) is 2.75. The Morgan fingerprint density at radius 1 is 1.64 bits per heavy atom. The lowest BCUT2D eigenvalue weighted by molar-refractivity contribution is -0.122. The van der Waals surface area contributed by atoms with E-state index in [1.807, 2.05) is 13.8 Å². The molecule has 0 saturated carbocycles. The van der Waals surface area contributed by atoms with Crippen molar-refractivity contribution in [3.05, 3.63) is 0 Å². The largest absolute Gasteiger partial charge is 0.310 e. The van der Waals surface area contributed by atoms with Crippen LogP contribution in [-0.4, -0.2) is 25.5 Å². The predicted octanol–water partition coefficient (Wildman–Crippen LogP) is 1.16. The second-order valence-corrected chi connectivity index (χ2v) is 2.75. The van der Waals surface area contributed by atoms with Crippen LogP contribution in [0.4, 0.5) is 4.39 Å². The van der Waals surface area contributed by atoms with Crippen molar-refractivity contribution in [3.63, 3.8) is 0 Å². The van der Waals surface area contributed by atoms with Gasteiger partial charge in [0.15, 0.2) is 5.78 Å². The molecule has 0 rings (SSSR count). The van der Waals surface area contributed by atoms with Crippen LogP contribution in [0.15, 0.2) is 0 Å². The van der Waals surface area contributed by atoms with Gasteiger partial charge >= 0.3 is 0 Å². The van der Waals surface area contributed by atoms with E-state index in [0.717, 1.165) is 6.42 Å². The van der Waals surface area contributed by atoms with Crippen molar-refractivity contribution < 1.29 is 9.18 Å². The average molecular weight is 161 g/mol. The van der Waals surface area contributed by atoms with Crippen molar-refractivity contribution in [2.45, 2.75) is 26.3 Å². The van der Waals surface area contributed by atoms with Gasteiger partial charge in [0.05, 0.1) is 6.04 Å². The smallest absolute Gasteiger partial charge is 0.180 e. The topological polar surface area (TPSA) is 29.1 Å². The van der Waals surface area contributed by atoms with Crippen LogP contribution < -0.4 is 5.32 Å². The zero-order valence-corrected chi connectivity index (χ0v) is 7.36. The van der Waals surface area contributed by atoms with Crippen LogP contribution >= 0.6 is 0 Å². The molecule has 0 saturated heterocycles. The number of likely N-dealkylation sites (N-methyl/N-ethyl adjacent to an activating group) is 1. The van der Waals surface area contributed by atoms with Crippen LogP contribution in [0.5, 0.6) is 0 Å². The Hall–Kier alpha value is -0.440. The van der Waals surface area contributed by atoms with Crippen LogP contribution in [0.25, 0.3) is 0 Å². The van der Waals surface area contributed by atoms with Crippen LogP contribution in [-0.2, 0) is 4.79 Å². The van der Waals surface area contributed by atoms with Crippen LogP contribution in [0.1, 0.15) is 20.3 Å². The summed E-state index contributed by atoms with van der Waals surface area (Å²) in [5.41, 5.74) is 0. The summed E-state index contributed by atoms with van der Waals surface area (Å²) in [6.45, 7) is 3.06. The van der Waals surface area contributed by atoms with Gasteiger partial charge in [0.1, 0.15) is 6.67 Å². The van der Waals surface area contributed by atoms with E-state index in [4.69, 9.17) is 0 Å².